The van der Waals surface area contributed by atoms with Crippen LogP contribution in [-0.4, -0.2) is 25.0 Å². The van der Waals surface area contributed by atoms with Gasteiger partial charge in [-0.2, -0.15) is 0 Å². The van der Waals surface area contributed by atoms with E-state index in [0.717, 1.165) is 17.7 Å². The molecule has 0 atom stereocenters. The molecule has 1 aliphatic heterocycles. The van der Waals surface area contributed by atoms with Crippen LogP contribution in [0.2, 0.25) is 5.02 Å². The SMILES string of the molecule is CCNC(=O)c1cc(NC(=O)c2ccc3c(c2)CCO3)ccc1Cl. The lowest BCUT2D eigenvalue weighted by atomic mass is 10.1. The van der Waals surface area contributed by atoms with Gasteiger partial charge in [-0.3, -0.25) is 9.59 Å². The quantitative estimate of drug-likeness (QED) is 0.894. The van der Waals surface area contributed by atoms with E-state index in [9.17, 15) is 9.59 Å². The van der Waals surface area contributed by atoms with Gasteiger partial charge in [0.2, 0.25) is 0 Å². The van der Waals surface area contributed by atoms with Gasteiger partial charge in [0.25, 0.3) is 11.8 Å². The monoisotopic (exact) mass is 344 g/mol. The normalized spacial score (nSPS) is 12.2. The van der Waals surface area contributed by atoms with Gasteiger partial charge in [0.15, 0.2) is 0 Å². The maximum Gasteiger partial charge on any atom is 0.255 e. The molecule has 2 aromatic rings. The van der Waals surface area contributed by atoms with E-state index in [1.807, 2.05) is 13.0 Å². The predicted molar refractivity (Wildman–Crippen MR) is 93.1 cm³/mol. The second kappa shape index (κ2) is 6.93. The van der Waals surface area contributed by atoms with Gasteiger partial charge in [-0.15, -0.1) is 0 Å². The van der Waals surface area contributed by atoms with Gasteiger partial charge in [0.1, 0.15) is 5.75 Å². The summed E-state index contributed by atoms with van der Waals surface area (Å²) in [6.07, 6.45) is 0.804. The van der Waals surface area contributed by atoms with Crippen molar-refractivity contribution in [3.8, 4) is 5.75 Å². The van der Waals surface area contributed by atoms with Gasteiger partial charge < -0.3 is 15.4 Å². The van der Waals surface area contributed by atoms with Gasteiger partial charge in [-0.05, 0) is 48.9 Å². The molecule has 0 saturated heterocycles. The molecule has 0 saturated carbocycles. The van der Waals surface area contributed by atoms with E-state index in [2.05, 4.69) is 10.6 Å². The lowest BCUT2D eigenvalue weighted by molar-refractivity contribution is 0.0954. The molecular formula is C18H17ClN2O3. The van der Waals surface area contributed by atoms with Crippen molar-refractivity contribution in [2.24, 2.45) is 0 Å². The highest BCUT2D eigenvalue weighted by Gasteiger charge is 2.16. The first-order valence-electron chi connectivity index (χ1n) is 7.73. The summed E-state index contributed by atoms with van der Waals surface area (Å²) < 4.78 is 5.44. The number of halogens is 1. The Labute approximate surface area is 145 Å². The molecule has 0 aliphatic carbocycles. The number of carbonyl (C=O) groups is 2. The molecule has 0 aromatic heterocycles. The number of carbonyl (C=O) groups excluding carboxylic acids is 2. The summed E-state index contributed by atoms with van der Waals surface area (Å²) in [4.78, 5) is 24.4. The molecule has 0 unspecified atom stereocenters. The summed E-state index contributed by atoms with van der Waals surface area (Å²) >= 11 is 6.06. The second-order valence-corrected chi connectivity index (χ2v) is 5.84. The van der Waals surface area contributed by atoms with Crippen LogP contribution in [0.1, 0.15) is 33.2 Å². The molecule has 2 aromatic carbocycles. The Kier molecular flexibility index (Phi) is 4.71. The van der Waals surface area contributed by atoms with Gasteiger partial charge in [0, 0.05) is 24.2 Å². The Morgan fingerprint density at radius 1 is 1.17 bits per heavy atom. The summed E-state index contributed by atoms with van der Waals surface area (Å²) in [6, 6.07) is 10.2. The van der Waals surface area contributed by atoms with Gasteiger partial charge in [-0.25, -0.2) is 0 Å². The van der Waals surface area contributed by atoms with Crippen LogP contribution in [-0.2, 0) is 6.42 Å². The number of amides is 2. The fourth-order valence-corrected chi connectivity index (χ4v) is 2.77. The molecule has 1 aliphatic rings. The van der Waals surface area contributed by atoms with Crippen LogP contribution >= 0.6 is 11.6 Å². The van der Waals surface area contributed by atoms with Crippen LogP contribution in [0.5, 0.6) is 5.75 Å². The number of anilines is 1. The van der Waals surface area contributed by atoms with Gasteiger partial charge in [0.05, 0.1) is 17.2 Å². The van der Waals surface area contributed by atoms with Crippen LogP contribution in [0.25, 0.3) is 0 Å². The third-order valence-electron chi connectivity index (χ3n) is 3.76. The first kappa shape index (κ1) is 16.3. The fraction of sp³-hybridized carbons (Fsp3) is 0.222. The minimum atomic E-state index is -0.270. The zero-order valence-corrected chi connectivity index (χ0v) is 13.9. The average Bonchev–Trinajstić information content (AvgIpc) is 3.04. The third-order valence-corrected chi connectivity index (χ3v) is 4.09. The first-order chi connectivity index (χ1) is 11.6. The maximum absolute atomic E-state index is 12.4. The van der Waals surface area contributed by atoms with Crippen molar-refractivity contribution < 1.29 is 14.3 Å². The maximum atomic E-state index is 12.4. The van der Waals surface area contributed by atoms with Crippen molar-refractivity contribution >= 4 is 29.1 Å². The standard InChI is InChI=1S/C18H17ClN2O3/c1-2-20-18(23)14-10-13(4-5-15(14)19)21-17(22)12-3-6-16-11(9-12)7-8-24-16/h3-6,9-10H,2,7-8H2,1H3,(H,20,23)(H,21,22). The van der Waals surface area contributed by atoms with Crippen molar-refractivity contribution in [1.82, 2.24) is 5.32 Å². The van der Waals surface area contributed by atoms with Crippen LogP contribution < -0.4 is 15.4 Å². The lowest BCUT2D eigenvalue weighted by Gasteiger charge is -2.10. The van der Waals surface area contributed by atoms with E-state index in [0.29, 0.717) is 35.0 Å². The van der Waals surface area contributed by atoms with Crippen LogP contribution in [0.15, 0.2) is 36.4 Å². The number of fused-ring (bicyclic) bond motifs is 1. The molecule has 24 heavy (non-hydrogen) atoms. The van der Waals surface area contributed by atoms with E-state index in [1.54, 1.807) is 30.3 Å². The van der Waals surface area contributed by atoms with Crippen molar-refractivity contribution in [2.75, 3.05) is 18.5 Å². The third kappa shape index (κ3) is 3.36. The highest BCUT2D eigenvalue weighted by molar-refractivity contribution is 6.34. The van der Waals surface area contributed by atoms with Crippen molar-refractivity contribution in [3.63, 3.8) is 0 Å². The molecule has 0 spiro atoms. The minimum absolute atomic E-state index is 0.242. The molecule has 2 amide bonds. The smallest absolute Gasteiger partial charge is 0.255 e. The summed E-state index contributed by atoms with van der Waals surface area (Å²) in [7, 11) is 0. The molecule has 0 radical (unpaired) electrons. The van der Waals surface area contributed by atoms with Gasteiger partial charge >= 0.3 is 0 Å². The average molecular weight is 345 g/mol. The molecule has 2 N–H and O–H groups in total. The Hall–Kier alpha value is -2.53. The highest BCUT2D eigenvalue weighted by atomic mass is 35.5. The Bertz CT molecular complexity index is 805. The number of nitrogens with one attached hydrogen (secondary N) is 2. The van der Waals surface area contributed by atoms with Crippen molar-refractivity contribution in [3.05, 3.63) is 58.1 Å². The van der Waals surface area contributed by atoms with E-state index < -0.39 is 0 Å². The van der Waals surface area contributed by atoms with E-state index in [4.69, 9.17) is 16.3 Å². The van der Waals surface area contributed by atoms with Crippen molar-refractivity contribution in [1.29, 1.82) is 0 Å². The second-order valence-electron chi connectivity index (χ2n) is 5.43. The molecule has 6 heteroatoms. The number of benzene rings is 2. The highest BCUT2D eigenvalue weighted by Crippen LogP contribution is 2.26. The topological polar surface area (TPSA) is 67.4 Å². The number of hydrogen-bond donors (Lipinski definition) is 2. The minimum Gasteiger partial charge on any atom is -0.493 e. The Morgan fingerprint density at radius 2 is 2.00 bits per heavy atom. The first-order valence-corrected chi connectivity index (χ1v) is 8.11. The predicted octanol–water partition coefficient (Wildman–Crippen LogP) is 3.28. The Balaban J connectivity index is 1.79. The molecule has 5 nitrogen and oxygen atoms in total. The number of hydrogen-bond acceptors (Lipinski definition) is 3. The molecule has 3 rings (SSSR count). The zero-order chi connectivity index (χ0) is 17.1. The molecular weight excluding hydrogens is 328 g/mol. The zero-order valence-electron chi connectivity index (χ0n) is 13.2. The van der Waals surface area contributed by atoms with E-state index >= 15 is 0 Å². The summed E-state index contributed by atoms with van der Waals surface area (Å²) in [5, 5.41) is 5.83. The molecule has 124 valence electrons. The van der Waals surface area contributed by atoms with Crippen molar-refractivity contribution in [2.45, 2.75) is 13.3 Å². The van der Waals surface area contributed by atoms with Crippen LogP contribution in [0, 0.1) is 0 Å². The molecule has 0 fully saturated rings. The number of rotatable bonds is 4. The summed E-state index contributed by atoms with van der Waals surface area (Å²) in [5.41, 5.74) is 2.43. The van der Waals surface area contributed by atoms with E-state index in [-0.39, 0.29) is 11.8 Å². The van der Waals surface area contributed by atoms with Crippen LogP contribution in [0.3, 0.4) is 0 Å². The fourth-order valence-electron chi connectivity index (χ4n) is 2.56. The van der Waals surface area contributed by atoms with Crippen LogP contribution in [0.4, 0.5) is 5.69 Å². The largest absolute Gasteiger partial charge is 0.493 e. The van der Waals surface area contributed by atoms with Gasteiger partial charge in [-0.1, -0.05) is 11.6 Å². The Morgan fingerprint density at radius 3 is 2.79 bits per heavy atom. The number of ether oxygens (including phenoxy) is 1. The molecule has 0 bridgehead atoms. The van der Waals surface area contributed by atoms with E-state index in [1.165, 1.54) is 0 Å². The lowest BCUT2D eigenvalue weighted by Crippen LogP contribution is -2.23. The summed E-state index contributed by atoms with van der Waals surface area (Å²) in [6.45, 7) is 2.98. The molecule has 1 heterocycles. The summed E-state index contributed by atoms with van der Waals surface area (Å²) in [5.74, 6) is 0.318.